The van der Waals surface area contributed by atoms with Crippen LogP contribution in [-0.2, 0) is 0 Å². The summed E-state index contributed by atoms with van der Waals surface area (Å²) in [5.41, 5.74) is 6.01. The van der Waals surface area contributed by atoms with Crippen molar-refractivity contribution in [3.63, 3.8) is 0 Å². The van der Waals surface area contributed by atoms with Crippen LogP contribution >= 0.6 is 23.2 Å². The zero-order valence-corrected chi connectivity index (χ0v) is 14.1. The van der Waals surface area contributed by atoms with Gasteiger partial charge in [0.1, 0.15) is 0 Å². The number of carbonyl (C=O) groups is 1. The first kappa shape index (κ1) is 16.8. The molecule has 0 aliphatic heterocycles. The van der Waals surface area contributed by atoms with Crippen LogP contribution in [0.5, 0.6) is 0 Å². The van der Waals surface area contributed by atoms with E-state index < -0.39 is 0 Å². The maximum absolute atomic E-state index is 12.2. The van der Waals surface area contributed by atoms with Gasteiger partial charge in [-0.15, -0.1) is 0 Å². The van der Waals surface area contributed by atoms with Gasteiger partial charge in [-0.2, -0.15) is 5.10 Å². The van der Waals surface area contributed by atoms with Gasteiger partial charge in [-0.3, -0.25) is 4.79 Å². The van der Waals surface area contributed by atoms with Crippen molar-refractivity contribution in [1.29, 1.82) is 0 Å². The van der Waals surface area contributed by atoms with E-state index in [9.17, 15) is 4.79 Å². The van der Waals surface area contributed by atoms with E-state index in [-0.39, 0.29) is 5.91 Å². The molecule has 2 rings (SSSR count). The molecule has 1 aliphatic rings. The predicted molar refractivity (Wildman–Crippen MR) is 92.7 cm³/mol. The summed E-state index contributed by atoms with van der Waals surface area (Å²) in [6.07, 6.45) is 3.88. The Morgan fingerprint density at radius 2 is 2.14 bits per heavy atom. The van der Waals surface area contributed by atoms with Crippen LogP contribution in [0.4, 0.5) is 0 Å². The van der Waals surface area contributed by atoms with Gasteiger partial charge in [-0.05, 0) is 56.4 Å². The summed E-state index contributed by atoms with van der Waals surface area (Å²) in [5, 5.41) is 5.05. The molecule has 5 heteroatoms. The van der Waals surface area contributed by atoms with Crippen LogP contribution in [0.3, 0.4) is 0 Å². The molecule has 3 nitrogen and oxygen atoms in total. The maximum atomic E-state index is 12.2. The molecule has 0 bridgehead atoms. The molecule has 1 amide bonds. The topological polar surface area (TPSA) is 41.5 Å². The number of rotatable bonds is 3. The molecule has 116 valence electrons. The Morgan fingerprint density at radius 1 is 1.41 bits per heavy atom. The van der Waals surface area contributed by atoms with E-state index in [1.807, 2.05) is 13.8 Å². The van der Waals surface area contributed by atoms with E-state index in [4.69, 9.17) is 23.2 Å². The van der Waals surface area contributed by atoms with Crippen LogP contribution in [0, 0.1) is 5.92 Å². The average molecular weight is 337 g/mol. The third kappa shape index (κ3) is 3.99. The van der Waals surface area contributed by atoms with E-state index in [0.29, 0.717) is 21.5 Å². The number of benzene rings is 1. The minimum Gasteiger partial charge on any atom is -0.267 e. The number of amides is 1. The Bertz CT molecular complexity index is 677. The Hall–Kier alpha value is -1.58. The fraction of sp³-hybridized carbons (Fsp3) is 0.294. The number of carbonyl (C=O) groups excluding carboxylic acids is 1. The first-order valence-electron chi connectivity index (χ1n) is 7.03. The molecule has 0 saturated heterocycles. The standard InChI is InChI=1S/C17H18Cl2N2O/c1-10(2)12-5-4-11(3)16(8-12)20-21-17(22)14-7-6-13(18)9-15(14)19/h4,6-7,9,12H,1,5,8H2,2-3H3,(H,21,22)/b20-16+/t12-/m1/s1. The first-order chi connectivity index (χ1) is 10.4. The van der Waals surface area contributed by atoms with Gasteiger partial charge < -0.3 is 0 Å². The van der Waals surface area contributed by atoms with E-state index in [1.54, 1.807) is 12.1 Å². The molecular formula is C17H18Cl2N2O. The predicted octanol–water partition coefficient (Wildman–Crippen LogP) is 5.01. The Morgan fingerprint density at radius 3 is 2.77 bits per heavy atom. The summed E-state index contributed by atoms with van der Waals surface area (Å²) in [6, 6.07) is 4.74. The smallest absolute Gasteiger partial charge is 0.267 e. The zero-order valence-electron chi connectivity index (χ0n) is 12.6. The van der Waals surface area contributed by atoms with Crippen molar-refractivity contribution in [2.24, 2.45) is 11.0 Å². The third-order valence-corrected chi connectivity index (χ3v) is 4.32. The van der Waals surface area contributed by atoms with Gasteiger partial charge in [0.25, 0.3) is 5.91 Å². The monoisotopic (exact) mass is 336 g/mol. The Balaban J connectivity index is 2.13. The molecule has 1 aliphatic carbocycles. The minimum absolute atomic E-state index is 0.306. The van der Waals surface area contributed by atoms with Gasteiger partial charge in [0.15, 0.2) is 0 Å². The highest BCUT2D eigenvalue weighted by molar-refractivity contribution is 6.36. The van der Waals surface area contributed by atoms with Crippen LogP contribution in [-0.4, -0.2) is 11.6 Å². The molecule has 22 heavy (non-hydrogen) atoms. The number of hydrazone groups is 1. The molecule has 0 saturated carbocycles. The normalized spacial score (nSPS) is 19.7. The summed E-state index contributed by atoms with van der Waals surface area (Å²) < 4.78 is 0. The van der Waals surface area contributed by atoms with Crippen molar-refractivity contribution >= 4 is 34.8 Å². The van der Waals surface area contributed by atoms with Crippen LogP contribution in [0.1, 0.15) is 37.0 Å². The quantitative estimate of drug-likeness (QED) is 0.611. The van der Waals surface area contributed by atoms with Gasteiger partial charge >= 0.3 is 0 Å². The average Bonchev–Trinajstić information content (AvgIpc) is 2.45. The van der Waals surface area contributed by atoms with Crippen molar-refractivity contribution in [2.45, 2.75) is 26.7 Å². The molecule has 0 fully saturated rings. The van der Waals surface area contributed by atoms with Crippen LogP contribution in [0.2, 0.25) is 10.0 Å². The van der Waals surface area contributed by atoms with Gasteiger partial charge in [0.05, 0.1) is 16.3 Å². The van der Waals surface area contributed by atoms with Gasteiger partial charge in [0, 0.05) is 5.02 Å². The third-order valence-electron chi connectivity index (χ3n) is 3.77. The zero-order chi connectivity index (χ0) is 16.3. The maximum Gasteiger partial charge on any atom is 0.272 e. The molecule has 1 aromatic rings. The second kappa shape index (κ2) is 7.12. The molecular weight excluding hydrogens is 319 g/mol. The van der Waals surface area contributed by atoms with Crippen molar-refractivity contribution in [2.75, 3.05) is 0 Å². The van der Waals surface area contributed by atoms with E-state index in [0.717, 1.165) is 29.7 Å². The highest BCUT2D eigenvalue weighted by Gasteiger charge is 2.19. The molecule has 0 radical (unpaired) electrons. The molecule has 1 aromatic carbocycles. The van der Waals surface area contributed by atoms with Crippen LogP contribution in [0.15, 0.2) is 47.1 Å². The van der Waals surface area contributed by atoms with Crippen LogP contribution in [0.25, 0.3) is 0 Å². The number of nitrogens with one attached hydrogen (secondary N) is 1. The summed E-state index contributed by atoms with van der Waals surface area (Å²) in [5.74, 6) is 0.0258. The number of hydrogen-bond acceptors (Lipinski definition) is 2. The summed E-state index contributed by atoms with van der Waals surface area (Å²) >= 11 is 11.8. The SMILES string of the molecule is C=C(C)[C@@H]1CC=C(C)/C(=N/NC(=O)c2ccc(Cl)cc2Cl)C1. The second-order valence-corrected chi connectivity index (χ2v) is 6.34. The van der Waals surface area contributed by atoms with Crippen molar-refractivity contribution in [1.82, 2.24) is 5.43 Å². The molecule has 0 spiro atoms. The fourth-order valence-corrected chi connectivity index (χ4v) is 2.77. The van der Waals surface area contributed by atoms with E-state index in [2.05, 4.69) is 23.2 Å². The molecule has 1 atom stereocenters. The molecule has 0 unspecified atom stereocenters. The number of nitrogens with zero attached hydrogens (tertiary/aromatic N) is 1. The van der Waals surface area contributed by atoms with E-state index >= 15 is 0 Å². The summed E-state index contributed by atoms with van der Waals surface area (Å²) in [6.45, 7) is 8.01. The van der Waals surface area contributed by atoms with E-state index in [1.165, 1.54) is 6.07 Å². The largest absolute Gasteiger partial charge is 0.272 e. The number of halogens is 2. The van der Waals surface area contributed by atoms with Crippen LogP contribution < -0.4 is 5.43 Å². The highest BCUT2D eigenvalue weighted by atomic mass is 35.5. The van der Waals surface area contributed by atoms with Gasteiger partial charge in [-0.1, -0.05) is 41.4 Å². The lowest BCUT2D eigenvalue weighted by atomic mass is 9.85. The lowest BCUT2D eigenvalue weighted by molar-refractivity contribution is 0.0955. The lowest BCUT2D eigenvalue weighted by Gasteiger charge is -2.22. The minimum atomic E-state index is -0.348. The Labute approximate surface area is 140 Å². The highest BCUT2D eigenvalue weighted by Crippen LogP contribution is 2.26. The molecule has 0 heterocycles. The second-order valence-electron chi connectivity index (χ2n) is 5.49. The first-order valence-corrected chi connectivity index (χ1v) is 7.78. The summed E-state index contributed by atoms with van der Waals surface area (Å²) in [4.78, 5) is 12.2. The van der Waals surface area contributed by atoms with Crippen molar-refractivity contribution in [3.05, 3.63) is 57.6 Å². The number of hydrogen-bond donors (Lipinski definition) is 1. The van der Waals surface area contributed by atoms with Gasteiger partial charge in [-0.25, -0.2) is 5.43 Å². The van der Waals surface area contributed by atoms with Crippen molar-refractivity contribution < 1.29 is 4.79 Å². The lowest BCUT2D eigenvalue weighted by Crippen LogP contribution is -2.23. The fourth-order valence-electron chi connectivity index (χ4n) is 2.28. The van der Waals surface area contributed by atoms with Crippen molar-refractivity contribution in [3.8, 4) is 0 Å². The number of allylic oxidation sites excluding steroid dienone is 3. The molecule has 1 N–H and O–H groups in total. The summed E-state index contributed by atoms with van der Waals surface area (Å²) in [7, 11) is 0. The molecule has 0 aromatic heterocycles. The Kier molecular flexibility index (Phi) is 5.43. The van der Waals surface area contributed by atoms with Gasteiger partial charge in [0.2, 0.25) is 0 Å².